The Labute approximate surface area is 186 Å². The fourth-order valence-corrected chi connectivity index (χ4v) is 2.42. The predicted molar refractivity (Wildman–Crippen MR) is 106 cm³/mol. The van der Waals surface area contributed by atoms with E-state index in [0.717, 1.165) is 26.0 Å². The number of fused-ring (bicyclic) bond motifs is 1. The Kier molecular flexibility index (Phi) is 8.83. The Morgan fingerprint density at radius 1 is 1.03 bits per heavy atom. The van der Waals surface area contributed by atoms with Crippen LogP contribution in [-0.4, -0.2) is 43.9 Å². The minimum atomic E-state index is -1.35. The second-order valence-electron chi connectivity index (χ2n) is 6.40. The molecule has 0 fully saturated rings. The van der Waals surface area contributed by atoms with Gasteiger partial charge in [-0.05, 0) is 18.6 Å². The zero-order valence-electron chi connectivity index (χ0n) is 17.5. The van der Waals surface area contributed by atoms with Gasteiger partial charge in [-0.25, -0.2) is 9.18 Å². The van der Waals surface area contributed by atoms with E-state index in [1.165, 1.54) is 0 Å². The van der Waals surface area contributed by atoms with Crippen LogP contribution in [0.15, 0.2) is 21.3 Å². The van der Waals surface area contributed by atoms with E-state index in [-0.39, 0.29) is 26.2 Å². The molecule has 1 heterocycles. The van der Waals surface area contributed by atoms with Crippen LogP contribution in [0.4, 0.5) is 8.78 Å². The summed E-state index contributed by atoms with van der Waals surface area (Å²) in [6.07, 6.45) is 0.0241. The molecule has 0 saturated carbocycles. The van der Waals surface area contributed by atoms with Crippen LogP contribution in [0, 0.1) is 11.6 Å². The first kappa shape index (κ1) is 25.2. The first-order valence-corrected chi connectivity index (χ1v) is 9.39. The lowest BCUT2D eigenvalue weighted by Gasteiger charge is -2.10. The molecule has 1 N–H and O–H groups in total. The molecule has 0 spiro atoms. The molecule has 1 aromatic heterocycles. The average Bonchev–Trinajstić information content (AvgIpc) is 2.73. The van der Waals surface area contributed by atoms with Gasteiger partial charge in [-0.3, -0.25) is 19.2 Å². The van der Waals surface area contributed by atoms with Gasteiger partial charge in [0.2, 0.25) is 19.4 Å². The molecule has 0 atom stereocenters. The van der Waals surface area contributed by atoms with Crippen molar-refractivity contribution in [3.8, 4) is 5.75 Å². The summed E-state index contributed by atoms with van der Waals surface area (Å²) in [5, 5.41) is 2.13. The van der Waals surface area contributed by atoms with E-state index in [2.05, 4.69) is 19.5 Å². The van der Waals surface area contributed by atoms with Crippen LogP contribution >= 0.6 is 0 Å². The molecule has 2 rings (SSSR count). The smallest absolute Gasteiger partial charge is 0.349 e. The van der Waals surface area contributed by atoms with Gasteiger partial charge in [0.1, 0.15) is 5.56 Å². The van der Waals surface area contributed by atoms with Crippen LogP contribution in [-0.2, 0) is 28.6 Å². The standard InChI is InChI=1S/C20H19F2NO10.H2/c1-10(24)29-8-31-15(26)4-3-5-23-19(27)13-6-12-7-14(21)18(32-9-30-11(2)25)16(22)17(12)33-20(13)28;/h6-7H,3-5,8-9H2,1-2H3,(H,23,27);1H. The van der Waals surface area contributed by atoms with E-state index < -0.39 is 71.6 Å². The van der Waals surface area contributed by atoms with E-state index in [9.17, 15) is 32.8 Å². The number of nitrogens with one attached hydrogen (secondary N) is 1. The number of carbonyl (C=O) groups is 4. The molecule has 0 unspecified atom stereocenters. The number of amides is 1. The van der Waals surface area contributed by atoms with Crippen molar-refractivity contribution in [2.24, 2.45) is 0 Å². The van der Waals surface area contributed by atoms with Crippen molar-refractivity contribution in [1.29, 1.82) is 0 Å². The maximum absolute atomic E-state index is 14.5. The molecule has 0 aliphatic rings. The number of benzene rings is 1. The van der Waals surface area contributed by atoms with Gasteiger partial charge in [-0.15, -0.1) is 0 Å². The summed E-state index contributed by atoms with van der Waals surface area (Å²) in [4.78, 5) is 57.1. The van der Waals surface area contributed by atoms with Crippen molar-refractivity contribution in [1.82, 2.24) is 5.32 Å². The lowest BCUT2D eigenvalue weighted by molar-refractivity contribution is -0.165. The normalized spacial score (nSPS) is 10.4. The van der Waals surface area contributed by atoms with Crippen molar-refractivity contribution in [3.05, 3.63) is 39.8 Å². The van der Waals surface area contributed by atoms with E-state index >= 15 is 0 Å². The third-order valence-electron chi connectivity index (χ3n) is 3.91. The highest BCUT2D eigenvalue weighted by atomic mass is 19.1. The molecular formula is C20H21F2NO10. The fourth-order valence-electron chi connectivity index (χ4n) is 2.42. The molecule has 13 heteroatoms. The Hall–Kier alpha value is -4.03. The van der Waals surface area contributed by atoms with Crippen LogP contribution in [0.3, 0.4) is 0 Å². The highest BCUT2D eigenvalue weighted by molar-refractivity contribution is 5.96. The van der Waals surface area contributed by atoms with Gasteiger partial charge in [0.15, 0.2) is 17.1 Å². The SMILES string of the molecule is CC(=O)OCOC(=O)CCCNC(=O)c1cc2cc(F)c(OCOC(C)=O)c(F)c2oc1=O.[HH]. The minimum absolute atomic E-state index is 0. The number of hydrogen-bond acceptors (Lipinski definition) is 10. The molecule has 11 nitrogen and oxygen atoms in total. The fraction of sp³-hybridized carbons (Fsp3) is 0.350. The average molecular weight is 473 g/mol. The molecule has 2 aromatic rings. The molecule has 180 valence electrons. The van der Waals surface area contributed by atoms with Crippen LogP contribution in [0.5, 0.6) is 5.75 Å². The Balaban J connectivity index is 0.00000578. The third kappa shape index (κ3) is 7.26. The molecule has 0 bridgehead atoms. The summed E-state index contributed by atoms with van der Waals surface area (Å²) in [6.45, 7) is 0.886. The highest BCUT2D eigenvalue weighted by Crippen LogP contribution is 2.29. The summed E-state index contributed by atoms with van der Waals surface area (Å²) in [7, 11) is 0. The molecular weight excluding hydrogens is 452 g/mol. The van der Waals surface area contributed by atoms with Crippen molar-refractivity contribution in [2.45, 2.75) is 26.7 Å². The quantitative estimate of drug-likeness (QED) is 0.234. The molecule has 33 heavy (non-hydrogen) atoms. The Bertz CT molecular complexity index is 1130. The molecule has 0 aliphatic heterocycles. The maximum atomic E-state index is 14.5. The summed E-state index contributed by atoms with van der Waals surface area (Å²) in [5.41, 5.74) is -2.38. The van der Waals surface area contributed by atoms with Gasteiger partial charge >= 0.3 is 23.5 Å². The van der Waals surface area contributed by atoms with E-state index in [4.69, 9.17) is 9.15 Å². The number of carbonyl (C=O) groups excluding carboxylic acids is 4. The topological polar surface area (TPSA) is 147 Å². The maximum Gasteiger partial charge on any atom is 0.349 e. The second kappa shape index (κ2) is 11.5. The number of ether oxygens (including phenoxy) is 4. The summed E-state index contributed by atoms with van der Waals surface area (Å²) in [6, 6.07) is 1.71. The highest BCUT2D eigenvalue weighted by Gasteiger charge is 2.21. The van der Waals surface area contributed by atoms with E-state index in [1.807, 2.05) is 0 Å². The third-order valence-corrected chi connectivity index (χ3v) is 3.91. The van der Waals surface area contributed by atoms with Crippen LogP contribution in [0.2, 0.25) is 0 Å². The number of rotatable bonds is 10. The number of halogens is 2. The minimum Gasteiger partial charge on any atom is -0.451 e. The van der Waals surface area contributed by atoms with Crippen LogP contribution in [0.1, 0.15) is 38.5 Å². The van der Waals surface area contributed by atoms with Gasteiger partial charge in [0.05, 0.1) is 0 Å². The molecule has 1 amide bonds. The zero-order chi connectivity index (χ0) is 24.5. The lowest BCUT2D eigenvalue weighted by atomic mass is 10.1. The predicted octanol–water partition coefficient (Wildman–Crippen LogP) is 1.79. The van der Waals surface area contributed by atoms with Gasteiger partial charge in [-0.1, -0.05) is 0 Å². The monoisotopic (exact) mass is 473 g/mol. The Morgan fingerprint density at radius 2 is 1.70 bits per heavy atom. The van der Waals surface area contributed by atoms with Crippen LogP contribution in [0.25, 0.3) is 11.0 Å². The molecule has 1 aromatic carbocycles. The Morgan fingerprint density at radius 3 is 2.36 bits per heavy atom. The zero-order valence-corrected chi connectivity index (χ0v) is 17.5. The summed E-state index contributed by atoms with van der Waals surface area (Å²) in [5.74, 6) is -6.38. The second-order valence-corrected chi connectivity index (χ2v) is 6.40. The van der Waals surface area contributed by atoms with E-state index in [1.54, 1.807) is 0 Å². The molecule has 0 radical (unpaired) electrons. The summed E-state index contributed by atoms with van der Waals surface area (Å²) >= 11 is 0. The number of hydrogen-bond donors (Lipinski definition) is 1. The van der Waals surface area contributed by atoms with Gasteiger partial charge in [0.25, 0.3) is 5.91 Å². The van der Waals surface area contributed by atoms with Crippen molar-refractivity contribution in [2.75, 3.05) is 20.1 Å². The van der Waals surface area contributed by atoms with Crippen molar-refractivity contribution in [3.63, 3.8) is 0 Å². The summed E-state index contributed by atoms with van der Waals surface area (Å²) < 4.78 is 51.8. The first-order valence-electron chi connectivity index (χ1n) is 9.39. The van der Waals surface area contributed by atoms with Gasteiger partial charge in [-0.2, -0.15) is 4.39 Å². The lowest BCUT2D eigenvalue weighted by Crippen LogP contribution is -2.29. The van der Waals surface area contributed by atoms with Crippen LogP contribution < -0.4 is 15.7 Å². The van der Waals surface area contributed by atoms with Crippen molar-refractivity contribution < 1.29 is 52.8 Å². The van der Waals surface area contributed by atoms with Crippen molar-refractivity contribution >= 4 is 34.8 Å². The largest absolute Gasteiger partial charge is 0.451 e. The first-order chi connectivity index (χ1) is 15.6. The molecule has 0 aliphatic carbocycles. The van der Waals surface area contributed by atoms with E-state index in [0.29, 0.717) is 0 Å². The van der Waals surface area contributed by atoms with Gasteiger partial charge < -0.3 is 28.7 Å². The molecule has 0 saturated heterocycles. The van der Waals surface area contributed by atoms with Gasteiger partial charge in [0, 0.05) is 33.6 Å². The number of esters is 3.